The molecule has 0 aliphatic heterocycles. The lowest BCUT2D eigenvalue weighted by Gasteiger charge is -2.14. The van der Waals surface area contributed by atoms with Gasteiger partial charge in [-0.15, -0.1) is 0 Å². The minimum absolute atomic E-state index is 0.269. The van der Waals surface area contributed by atoms with Crippen molar-refractivity contribution in [1.82, 2.24) is 15.2 Å². The highest BCUT2D eigenvalue weighted by molar-refractivity contribution is 5.91. The topological polar surface area (TPSA) is 99.2 Å². The third kappa shape index (κ3) is 2.92. The minimum Gasteiger partial charge on any atom is -0.492 e. The number of nitrogen functional groups attached to an aromatic ring is 1. The predicted octanol–water partition coefficient (Wildman–Crippen LogP) is 0.543. The molecule has 110 valence electrons. The van der Waals surface area contributed by atoms with Gasteiger partial charge < -0.3 is 4.74 Å². The van der Waals surface area contributed by atoms with Crippen LogP contribution in [0.2, 0.25) is 0 Å². The van der Waals surface area contributed by atoms with Gasteiger partial charge in [-0.25, -0.2) is 10.5 Å². The standard InChI is InChI=1S/C14H16N4O3/c1-3-21-12-7-5-4-6-10(12)18-9(2)8-11(19)13(17-18)14(20)16-15/h4-8H,3,15H2,1-2H3,(H,16,20). The number of nitrogens with zero attached hydrogens (tertiary/aromatic N) is 2. The van der Waals surface area contributed by atoms with Gasteiger partial charge in [-0.2, -0.15) is 5.10 Å². The van der Waals surface area contributed by atoms with Crippen molar-refractivity contribution in [3.8, 4) is 11.4 Å². The largest absolute Gasteiger partial charge is 0.492 e. The molecular weight excluding hydrogens is 272 g/mol. The maximum Gasteiger partial charge on any atom is 0.289 e. The van der Waals surface area contributed by atoms with Crippen LogP contribution in [0.15, 0.2) is 35.1 Å². The van der Waals surface area contributed by atoms with Crippen LogP contribution < -0.4 is 21.4 Å². The number of rotatable bonds is 4. The van der Waals surface area contributed by atoms with E-state index in [2.05, 4.69) is 5.10 Å². The lowest BCUT2D eigenvalue weighted by atomic mass is 10.2. The van der Waals surface area contributed by atoms with Crippen LogP contribution in [0.3, 0.4) is 0 Å². The van der Waals surface area contributed by atoms with Crippen molar-refractivity contribution in [3.63, 3.8) is 0 Å². The summed E-state index contributed by atoms with van der Waals surface area (Å²) in [6.45, 7) is 4.09. The zero-order valence-corrected chi connectivity index (χ0v) is 11.8. The molecular formula is C14H16N4O3. The highest BCUT2D eigenvalue weighted by Gasteiger charge is 2.15. The Balaban J connectivity index is 2.64. The molecule has 1 aromatic heterocycles. The SMILES string of the molecule is CCOc1ccccc1-n1nc(C(=O)NN)c(=O)cc1C. The molecule has 0 radical (unpaired) electrons. The molecule has 0 saturated carbocycles. The molecule has 0 aliphatic rings. The fourth-order valence-corrected chi connectivity index (χ4v) is 1.93. The van der Waals surface area contributed by atoms with Crippen molar-refractivity contribution in [2.24, 2.45) is 5.84 Å². The van der Waals surface area contributed by atoms with Crippen molar-refractivity contribution >= 4 is 5.91 Å². The van der Waals surface area contributed by atoms with E-state index >= 15 is 0 Å². The second-order valence-corrected chi connectivity index (χ2v) is 4.28. The molecule has 0 atom stereocenters. The molecule has 1 aromatic carbocycles. The molecule has 7 heteroatoms. The van der Waals surface area contributed by atoms with E-state index in [0.717, 1.165) is 0 Å². The van der Waals surface area contributed by atoms with Crippen LogP contribution >= 0.6 is 0 Å². The van der Waals surface area contributed by atoms with Crippen LogP contribution in [-0.2, 0) is 0 Å². The maximum absolute atomic E-state index is 11.8. The van der Waals surface area contributed by atoms with Gasteiger partial charge in [-0.05, 0) is 26.0 Å². The number of carbonyl (C=O) groups is 1. The highest BCUT2D eigenvalue weighted by atomic mass is 16.5. The second-order valence-electron chi connectivity index (χ2n) is 4.28. The van der Waals surface area contributed by atoms with Gasteiger partial charge in [0.2, 0.25) is 5.43 Å². The Labute approximate surface area is 121 Å². The van der Waals surface area contributed by atoms with E-state index in [0.29, 0.717) is 23.7 Å². The summed E-state index contributed by atoms with van der Waals surface area (Å²) in [5.41, 5.74) is 2.38. The molecule has 0 aliphatic carbocycles. The van der Waals surface area contributed by atoms with Crippen LogP contribution in [0, 0.1) is 6.92 Å². The first kappa shape index (κ1) is 14.7. The summed E-state index contributed by atoms with van der Waals surface area (Å²) in [5, 5.41) is 4.09. The van der Waals surface area contributed by atoms with Gasteiger partial charge in [0.05, 0.1) is 6.61 Å². The molecule has 0 bridgehead atoms. The number of hydrazine groups is 1. The number of amides is 1. The van der Waals surface area contributed by atoms with E-state index in [4.69, 9.17) is 10.6 Å². The van der Waals surface area contributed by atoms with Gasteiger partial charge in [0.1, 0.15) is 11.4 Å². The Morgan fingerprint density at radius 1 is 1.43 bits per heavy atom. The summed E-state index contributed by atoms with van der Waals surface area (Å²) in [6, 6.07) is 8.57. The fourth-order valence-electron chi connectivity index (χ4n) is 1.93. The average Bonchev–Trinajstić information content (AvgIpc) is 2.48. The number of hydrogen-bond acceptors (Lipinski definition) is 5. The number of aryl methyl sites for hydroxylation is 1. The number of carbonyl (C=O) groups excluding carboxylic acids is 1. The van der Waals surface area contributed by atoms with E-state index < -0.39 is 11.3 Å². The van der Waals surface area contributed by atoms with Crippen LogP contribution in [-0.4, -0.2) is 22.3 Å². The molecule has 0 saturated heterocycles. The zero-order valence-electron chi connectivity index (χ0n) is 11.8. The molecule has 0 unspecified atom stereocenters. The van der Waals surface area contributed by atoms with E-state index in [-0.39, 0.29) is 5.69 Å². The first-order valence-electron chi connectivity index (χ1n) is 6.42. The third-order valence-corrected chi connectivity index (χ3v) is 2.85. The van der Waals surface area contributed by atoms with Gasteiger partial charge in [-0.3, -0.25) is 15.0 Å². The van der Waals surface area contributed by atoms with E-state index in [1.165, 1.54) is 10.7 Å². The van der Waals surface area contributed by atoms with Crippen molar-refractivity contribution in [3.05, 3.63) is 51.9 Å². The molecule has 0 fully saturated rings. The van der Waals surface area contributed by atoms with Gasteiger partial charge in [-0.1, -0.05) is 12.1 Å². The minimum atomic E-state index is -0.734. The summed E-state index contributed by atoms with van der Waals surface area (Å²) in [4.78, 5) is 23.4. The first-order valence-corrected chi connectivity index (χ1v) is 6.42. The summed E-state index contributed by atoms with van der Waals surface area (Å²) >= 11 is 0. The number of nitrogens with two attached hydrogens (primary N) is 1. The van der Waals surface area contributed by atoms with E-state index in [1.54, 1.807) is 19.1 Å². The van der Waals surface area contributed by atoms with Gasteiger partial charge in [0, 0.05) is 11.8 Å². The lowest BCUT2D eigenvalue weighted by molar-refractivity contribution is 0.0945. The molecule has 1 heterocycles. The van der Waals surface area contributed by atoms with Crippen LogP contribution in [0.25, 0.3) is 5.69 Å². The number of para-hydroxylation sites is 2. The van der Waals surface area contributed by atoms with Crippen molar-refractivity contribution in [2.75, 3.05) is 6.61 Å². The molecule has 0 spiro atoms. The van der Waals surface area contributed by atoms with Crippen molar-refractivity contribution < 1.29 is 9.53 Å². The Kier molecular flexibility index (Phi) is 4.34. The molecule has 21 heavy (non-hydrogen) atoms. The van der Waals surface area contributed by atoms with Crippen molar-refractivity contribution in [2.45, 2.75) is 13.8 Å². The monoisotopic (exact) mass is 288 g/mol. The summed E-state index contributed by atoms with van der Waals surface area (Å²) < 4.78 is 7.02. The lowest BCUT2D eigenvalue weighted by Crippen LogP contribution is -2.36. The van der Waals surface area contributed by atoms with Crippen LogP contribution in [0.1, 0.15) is 23.1 Å². The Morgan fingerprint density at radius 2 is 2.14 bits per heavy atom. The van der Waals surface area contributed by atoms with Gasteiger partial charge in [0.15, 0.2) is 5.69 Å². The maximum atomic E-state index is 11.8. The quantitative estimate of drug-likeness (QED) is 0.486. The predicted molar refractivity (Wildman–Crippen MR) is 77.4 cm³/mol. The van der Waals surface area contributed by atoms with Gasteiger partial charge >= 0.3 is 0 Å². The number of benzene rings is 1. The molecule has 1 amide bonds. The first-order chi connectivity index (χ1) is 10.1. The number of aromatic nitrogens is 2. The Bertz CT molecular complexity index is 724. The molecule has 2 aromatic rings. The third-order valence-electron chi connectivity index (χ3n) is 2.85. The fraction of sp³-hybridized carbons (Fsp3) is 0.214. The van der Waals surface area contributed by atoms with Crippen molar-refractivity contribution in [1.29, 1.82) is 0 Å². The second kappa shape index (κ2) is 6.19. The molecule has 2 rings (SSSR count). The van der Waals surface area contributed by atoms with E-state index in [1.807, 2.05) is 24.5 Å². The molecule has 7 nitrogen and oxygen atoms in total. The number of ether oxygens (including phenoxy) is 1. The zero-order chi connectivity index (χ0) is 15.4. The van der Waals surface area contributed by atoms with Crippen LogP contribution in [0.5, 0.6) is 5.75 Å². The normalized spacial score (nSPS) is 10.2. The summed E-state index contributed by atoms with van der Waals surface area (Å²) in [5.74, 6) is 4.94. The summed E-state index contributed by atoms with van der Waals surface area (Å²) in [6.07, 6.45) is 0. The summed E-state index contributed by atoms with van der Waals surface area (Å²) in [7, 11) is 0. The van der Waals surface area contributed by atoms with E-state index in [9.17, 15) is 9.59 Å². The highest BCUT2D eigenvalue weighted by Crippen LogP contribution is 2.22. The Morgan fingerprint density at radius 3 is 2.81 bits per heavy atom. The Hall–Kier alpha value is -2.67. The molecule has 3 N–H and O–H groups in total. The average molecular weight is 288 g/mol. The number of hydrogen-bond donors (Lipinski definition) is 2. The van der Waals surface area contributed by atoms with Crippen LogP contribution in [0.4, 0.5) is 0 Å². The van der Waals surface area contributed by atoms with Gasteiger partial charge in [0.25, 0.3) is 5.91 Å². The number of nitrogens with one attached hydrogen (secondary N) is 1. The smallest absolute Gasteiger partial charge is 0.289 e.